The van der Waals surface area contributed by atoms with Gasteiger partial charge in [-0.25, -0.2) is 4.39 Å². The van der Waals surface area contributed by atoms with Crippen molar-refractivity contribution in [3.8, 4) is 5.75 Å². The number of para-hydroxylation sites is 1. The SMILES string of the molecule is O=C(NNC(=O)c1cc(F)c(Cl)cc1Cl)c1ccc(COc2ccccc2)o1. The lowest BCUT2D eigenvalue weighted by atomic mass is 10.2. The molecule has 9 heteroatoms. The molecule has 0 aliphatic rings. The molecule has 0 fully saturated rings. The van der Waals surface area contributed by atoms with Crippen molar-refractivity contribution in [2.75, 3.05) is 0 Å². The first-order valence-corrected chi connectivity index (χ1v) is 8.71. The topological polar surface area (TPSA) is 80.6 Å². The molecule has 1 aromatic heterocycles. The Kier molecular flexibility index (Phi) is 6.18. The van der Waals surface area contributed by atoms with E-state index in [9.17, 15) is 14.0 Å². The van der Waals surface area contributed by atoms with Crippen LogP contribution in [0.15, 0.2) is 59.0 Å². The summed E-state index contributed by atoms with van der Waals surface area (Å²) in [4.78, 5) is 24.1. The average Bonchev–Trinajstić information content (AvgIpc) is 3.17. The third-order valence-electron chi connectivity index (χ3n) is 3.55. The number of halogens is 3. The number of hydrazine groups is 1. The smallest absolute Gasteiger partial charge is 0.305 e. The van der Waals surface area contributed by atoms with Crippen molar-refractivity contribution in [1.29, 1.82) is 0 Å². The van der Waals surface area contributed by atoms with Gasteiger partial charge < -0.3 is 9.15 Å². The van der Waals surface area contributed by atoms with E-state index in [2.05, 4.69) is 10.9 Å². The van der Waals surface area contributed by atoms with E-state index in [-0.39, 0.29) is 28.0 Å². The molecular formula is C19H13Cl2FN2O4. The maximum Gasteiger partial charge on any atom is 0.305 e. The number of furan rings is 1. The Balaban J connectivity index is 1.56. The van der Waals surface area contributed by atoms with Crippen molar-refractivity contribution in [3.63, 3.8) is 0 Å². The third kappa shape index (κ3) is 4.82. The average molecular weight is 423 g/mol. The number of hydrogen-bond acceptors (Lipinski definition) is 4. The first-order valence-electron chi connectivity index (χ1n) is 7.96. The van der Waals surface area contributed by atoms with E-state index in [1.165, 1.54) is 6.07 Å². The van der Waals surface area contributed by atoms with Gasteiger partial charge in [-0.05, 0) is 36.4 Å². The maximum absolute atomic E-state index is 13.5. The molecule has 0 radical (unpaired) electrons. The Morgan fingerprint density at radius 3 is 2.43 bits per heavy atom. The van der Waals surface area contributed by atoms with Gasteiger partial charge in [0.1, 0.15) is 23.9 Å². The Morgan fingerprint density at radius 1 is 0.964 bits per heavy atom. The number of hydrogen-bond donors (Lipinski definition) is 2. The molecule has 0 spiro atoms. The van der Waals surface area contributed by atoms with Crippen molar-refractivity contribution in [1.82, 2.24) is 10.9 Å². The van der Waals surface area contributed by atoms with Gasteiger partial charge in [0, 0.05) is 0 Å². The molecule has 1 heterocycles. The van der Waals surface area contributed by atoms with Crippen molar-refractivity contribution in [2.45, 2.75) is 6.61 Å². The molecule has 6 nitrogen and oxygen atoms in total. The van der Waals surface area contributed by atoms with Gasteiger partial charge in [-0.2, -0.15) is 0 Å². The van der Waals surface area contributed by atoms with Crippen molar-refractivity contribution in [3.05, 3.63) is 87.5 Å². The normalized spacial score (nSPS) is 10.4. The molecular weight excluding hydrogens is 410 g/mol. The Labute approximate surface area is 169 Å². The molecule has 2 aromatic carbocycles. The highest BCUT2D eigenvalue weighted by atomic mass is 35.5. The van der Waals surface area contributed by atoms with Crippen LogP contribution in [0.3, 0.4) is 0 Å². The quantitative estimate of drug-likeness (QED) is 0.472. The van der Waals surface area contributed by atoms with Gasteiger partial charge in [0.2, 0.25) is 0 Å². The third-order valence-corrected chi connectivity index (χ3v) is 4.16. The first kappa shape index (κ1) is 19.7. The summed E-state index contributed by atoms with van der Waals surface area (Å²) < 4.78 is 24.4. The minimum atomic E-state index is -0.812. The predicted octanol–water partition coefficient (Wildman–Crippen LogP) is 4.38. The summed E-state index contributed by atoms with van der Waals surface area (Å²) >= 11 is 11.4. The Bertz CT molecular complexity index is 1010. The Hall–Kier alpha value is -3.03. The van der Waals surface area contributed by atoms with E-state index < -0.39 is 17.6 Å². The second-order valence-corrected chi connectivity index (χ2v) is 6.34. The highest BCUT2D eigenvalue weighted by molar-refractivity contribution is 6.36. The monoisotopic (exact) mass is 422 g/mol. The molecule has 28 heavy (non-hydrogen) atoms. The van der Waals surface area contributed by atoms with Gasteiger partial charge in [-0.15, -0.1) is 0 Å². The molecule has 2 amide bonds. The summed E-state index contributed by atoms with van der Waals surface area (Å²) in [6, 6.07) is 14.1. The van der Waals surface area contributed by atoms with Gasteiger partial charge in [-0.1, -0.05) is 41.4 Å². The summed E-state index contributed by atoms with van der Waals surface area (Å²) in [7, 11) is 0. The van der Waals surface area contributed by atoms with Crippen LogP contribution in [-0.4, -0.2) is 11.8 Å². The summed E-state index contributed by atoms with van der Waals surface area (Å²) in [5.41, 5.74) is 4.11. The van der Waals surface area contributed by atoms with E-state index in [0.29, 0.717) is 11.5 Å². The number of amides is 2. The molecule has 0 atom stereocenters. The molecule has 2 N–H and O–H groups in total. The van der Waals surface area contributed by atoms with Gasteiger partial charge in [-0.3, -0.25) is 20.4 Å². The van der Waals surface area contributed by atoms with Gasteiger partial charge >= 0.3 is 5.91 Å². The summed E-state index contributed by atoms with van der Waals surface area (Å²) in [6.07, 6.45) is 0. The molecule has 3 aromatic rings. The number of ether oxygens (including phenoxy) is 1. The first-order chi connectivity index (χ1) is 13.4. The largest absolute Gasteiger partial charge is 0.486 e. The molecule has 0 aliphatic carbocycles. The van der Waals surface area contributed by atoms with E-state index >= 15 is 0 Å². The second-order valence-electron chi connectivity index (χ2n) is 5.52. The zero-order chi connectivity index (χ0) is 20.1. The lowest BCUT2D eigenvalue weighted by Gasteiger charge is -2.08. The van der Waals surface area contributed by atoms with Crippen LogP contribution in [0, 0.1) is 5.82 Å². The number of carbonyl (C=O) groups excluding carboxylic acids is 2. The number of benzene rings is 2. The van der Waals surface area contributed by atoms with E-state index in [1.54, 1.807) is 18.2 Å². The second kappa shape index (κ2) is 8.77. The van der Waals surface area contributed by atoms with Crippen LogP contribution in [0.5, 0.6) is 5.75 Å². The predicted molar refractivity (Wildman–Crippen MR) is 101 cm³/mol. The molecule has 0 saturated heterocycles. The molecule has 3 rings (SSSR count). The lowest BCUT2D eigenvalue weighted by molar-refractivity contribution is 0.0828. The standard InChI is InChI=1S/C19H13Cl2FN2O4/c20-14-9-15(21)16(22)8-13(14)18(25)23-24-19(26)17-7-6-12(28-17)10-27-11-4-2-1-3-5-11/h1-9H,10H2,(H,23,25)(H,24,26). The van der Waals surface area contributed by atoms with Crippen LogP contribution in [0.2, 0.25) is 10.0 Å². The lowest BCUT2D eigenvalue weighted by Crippen LogP contribution is -2.41. The summed E-state index contributed by atoms with van der Waals surface area (Å²) in [5.74, 6) is -1.29. The van der Waals surface area contributed by atoms with Crippen molar-refractivity contribution >= 4 is 35.0 Å². The molecule has 0 unspecified atom stereocenters. The summed E-state index contributed by atoms with van der Waals surface area (Å²) in [6.45, 7) is 0.128. The zero-order valence-electron chi connectivity index (χ0n) is 14.2. The van der Waals surface area contributed by atoms with Crippen LogP contribution >= 0.6 is 23.2 Å². The molecule has 0 saturated carbocycles. The van der Waals surface area contributed by atoms with E-state index in [0.717, 1.165) is 12.1 Å². The summed E-state index contributed by atoms with van der Waals surface area (Å²) in [5, 5.41) is -0.275. The fourth-order valence-corrected chi connectivity index (χ4v) is 2.66. The van der Waals surface area contributed by atoms with Crippen LogP contribution < -0.4 is 15.6 Å². The van der Waals surface area contributed by atoms with Crippen molar-refractivity contribution < 1.29 is 23.1 Å². The number of rotatable bonds is 5. The maximum atomic E-state index is 13.5. The fraction of sp³-hybridized carbons (Fsp3) is 0.0526. The number of carbonyl (C=O) groups is 2. The van der Waals surface area contributed by atoms with Gasteiger partial charge in [0.05, 0.1) is 15.6 Å². The van der Waals surface area contributed by atoms with Gasteiger partial charge in [0.15, 0.2) is 5.76 Å². The minimum Gasteiger partial charge on any atom is -0.486 e. The van der Waals surface area contributed by atoms with Crippen LogP contribution in [0.1, 0.15) is 26.7 Å². The Morgan fingerprint density at radius 2 is 1.68 bits per heavy atom. The molecule has 0 bridgehead atoms. The van der Waals surface area contributed by atoms with Gasteiger partial charge in [0.25, 0.3) is 5.91 Å². The van der Waals surface area contributed by atoms with Crippen LogP contribution in [-0.2, 0) is 6.61 Å². The minimum absolute atomic E-state index is 0.0413. The van der Waals surface area contributed by atoms with Crippen LogP contribution in [0.4, 0.5) is 4.39 Å². The highest BCUT2D eigenvalue weighted by Gasteiger charge is 2.17. The fourth-order valence-electron chi connectivity index (χ4n) is 2.19. The zero-order valence-corrected chi connectivity index (χ0v) is 15.7. The molecule has 144 valence electrons. The number of nitrogens with one attached hydrogen (secondary N) is 2. The highest BCUT2D eigenvalue weighted by Crippen LogP contribution is 2.24. The van der Waals surface area contributed by atoms with E-state index in [1.807, 2.05) is 18.2 Å². The molecule has 0 aliphatic heterocycles. The van der Waals surface area contributed by atoms with Crippen molar-refractivity contribution in [2.24, 2.45) is 0 Å². The van der Waals surface area contributed by atoms with Crippen LogP contribution in [0.25, 0.3) is 0 Å². The van der Waals surface area contributed by atoms with E-state index in [4.69, 9.17) is 32.4 Å².